The molecule has 0 aliphatic carbocycles. The smallest absolute Gasteiger partial charge is 0.239 e. The van der Waals surface area contributed by atoms with Gasteiger partial charge in [0.1, 0.15) is 6.04 Å². The van der Waals surface area contributed by atoms with Crippen LogP contribution in [0.1, 0.15) is 11.6 Å². The summed E-state index contributed by atoms with van der Waals surface area (Å²) in [5.74, 6) is -0.366. The Balaban J connectivity index is 2.27. The maximum atomic E-state index is 11.6. The van der Waals surface area contributed by atoms with E-state index in [-0.39, 0.29) is 5.91 Å². The number of hydrogen-bond acceptors (Lipinski definition) is 4. The first-order chi connectivity index (χ1) is 8.74. The number of primary amides is 1. The van der Waals surface area contributed by atoms with Crippen molar-refractivity contribution in [1.29, 1.82) is 0 Å². The van der Waals surface area contributed by atoms with Gasteiger partial charge in [-0.15, -0.1) is 11.3 Å². The lowest BCUT2D eigenvalue weighted by Crippen LogP contribution is -2.35. The molecular formula is C13H16N2O2S. The molecule has 1 amide bonds. The monoisotopic (exact) mass is 264 g/mol. The van der Waals surface area contributed by atoms with Crippen LogP contribution in [0.5, 0.6) is 0 Å². The quantitative estimate of drug-likeness (QED) is 0.780. The molecule has 2 aromatic rings. The van der Waals surface area contributed by atoms with E-state index in [2.05, 4.69) is 5.32 Å². The van der Waals surface area contributed by atoms with Crippen molar-refractivity contribution in [1.82, 2.24) is 5.32 Å². The van der Waals surface area contributed by atoms with Crippen molar-refractivity contribution in [2.75, 3.05) is 20.3 Å². The zero-order chi connectivity index (χ0) is 13.0. The lowest BCUT2D eigenvalue weighted by atomic mass is 10.1. The molecular weight excluding hydrogens is 248 g/mol. The highest BCUT2D eigenvalue weighted by molar-refractivity contribution is 7.17. The minimum absolute atomic E-state index is 0.366. The van der Waals surface area contributed by atoms with E-state index in [0.29, 0.717) is 13.2 Å². The second-order valence-electron chi connectivity index (χ2n) is 3.97. The average molecular weight is 264 g/mol. The van der Waals surface area contributed by atoms with Crippen LogP contribution in [-0.2, 0) is 9.53 Å². The van der Waals surface area contributed by atoms with E-state index < -0.39 is 6.04 Å². The number of rotatable bonds is 6. The van der Waals surface area contributed by atoms with Crippen molar-refractivity contribution in [2.45, 2.75) is 6.04 Å². The van der Waals surface area contributed by atoms with Gasteiger partial charge in [0.05, 0.1) is 6.61 Å². The van der Waals surface area contributed by atoms with E-state index in [1.54, 1.807) is 18.4 Å². The summed E-state index contributed by atoms with van der Waals surface area (Å²) in [7, 11) is 1.63. The van der Waals surface area contributed by atoms with E-state index in [0.717, 1.165) is 15.6 Å². The van der Waals surface area contributed by atoms with E-state index in [1.165, 1.54) is 0 Å². The molecule has 96 valence electrons. The van der Waals surface area contributed by atoms with Gasteiger partial charge in [-0.25, -0.2) is 0 Å². The minimum Gasteiger partial charge on any atom is -0.383 e. The molecule has 18 heavy (non-hydrogen) atoms. The Kier molecular flexibility index (Phi) is 4.30. The molecule has 1 aromatic carbocycles. The predicted molar refractivity (Wildman–Crippen MR) is 73.6 cm³/mol. The van der Waals surface area contributed by atoms with Gasteiger partial charge in [-0.2, -0.15) is 0 Å². The van der Waals surface area contributed by atoms with E-state index >= 15 is 0 Å². The number of hydrogen-bond donors (Lipinski definition) is 2. The Morgan fingerprint density at radius 2 is 2.28 bits per heavy atom. The lowest BCUT2D eigenvalue weighted by molar-refractivity contribution is -0.120. The molecule has 0 spiro atoms. The molecule has 4 nitrogen and oxygen atoms in total. The Labute approximate surface area is 110 Å². The zero-order valence-electron chi connectivity index (χ0n) is 10.2. The lowest BCUT2D eigenvalue weighted by Gasteiger charge is -2.14. The van der Waals surface area contributed by atoms with E-state index in [9.17, 15) is 4.79 Å². The third-order valence-corrected chi connectivity index (χ3v) is 3.74. The van der Waals surface area contributed by atoms with Gasteiger partial charge in [0.2, 0.25) is 5.91 Å². The van der Waals surface area contributed by atoms with Crippen molar-refractivity contribution < 1.29 is 9.53 Å². The fraction of sp³-hybridized carbons (Fsp3) is 0.308. The standard InChI is InChI=1S/C13H16N2O2S/c1-17-7-6-15-12(13(14)16)10-8-18-11-5-3-2-4-9(10)11/h2-5,8,12,15H,6-7H2,1H3,(H2,14,16). The molecule has 0 fully saturated rings. The zero-order valence-corrected chi connectivity index (χ0v) is 11.0. The van der Waals surface area contributed by atoms with Gasteiger partial charge in [-0.05, 0) is 22.4 Å². The van der Waals surface area contributed by atoms with Crippen LogP contribution in [-0.4, -0.2) is 26.2 Å². The van der Waals surface area contributed by atoms with Crippen LogP contribution in [0.2, 0.25) is 0 Å². The molecule has 1 atom stereocenters. The minimum atomic E-state index is -0.462. The van der Waals surface area contributed by atoms with Gasteiger partial charge < -0.3 is 10.5 Å². The molecule has 0 aliphatic rings. The Morgan fingerprint density at radius 1 is 1.50 bits per heavy atom. The van der Waals surface area contributed by atoms with Gasteiger partial charge >= 0.3 is 0 Å². The van der Waals surface area contributed by atoms with Crippen LogP contribution in [0, 0.1) is 0 Å². The van der Waals surface area contributed by atoms with Gasteiger partial charge in [0.15, 0.2) is 0 Å². The highest BCUT2D eigenvalue weighted by Gasteiger charge is 2.20. The van der Waals surface area contributed by atoms with Crippen molar-refractivity contribution in [2.24, 2.45) is 5.73 Å². The van der Waals surface area contributed by atoms with Crippen LogP contribution >= 0.6 is 11.3 Å². The highest BCUT2D eigenvalue weighted by atomic mass is 32.1. The number of fused-ring (bicyclic) bond motifs is 1. The summed E-state index contributed by atoms with van der Waals surface area (Å²) >= 11 is 1.62. The molecule has 3 N–H and O–H groups in total. The molecule has 0 bridgehead atoms. The molecule has 1 unspecified atom stereocenters. The molecule has 0 radical (unpaired) electrons. The summed E-state index contributed by atoms with van der Waals surface area (Å²) in [6, 6.07) is 7.54. The molecule has 5 heteroatoms. The Bertz CT molecular complexity index is 539. The van der Waals surface area contributed by atoms with Crippen LogP contribution in [0.4, 0.5) is 0 Å². The van der Waals surface area contributed by atoms with Crippen LogP contribution in [0.3, 0.4) is 0 Å². The summed E-state index contributed by atoms with van der Waals surface area (Å²) in [6.07, 6.45) is 0. The Hall–Kier alpha value is -1.43. The molecule has 1 heterocycles. The van der Waals surface area contributed by atoms with Gasteiger partial charge in [0, 0.05) is 18.4 Å². The van der Waals surface area contributed by atoms with Gasteiger partial charge in [0.25, 0.3) is 0 Å². The maximum Gasteiger partial charge on any atom is 0.239 e. The third-order valence-electron chi connectivity index (χ3n) is 2.76. The first-order valence-corrected chi connectivity index (χ1v) is 6.59. The van der Waals surface area contributed by atoms with E-state index in [4.69, 9.17) is 10.5 Å². The first-order valence-electron chi connectivity index (χ1n) is 5.72. The molecule has 0 aliphatic heterocycles. The molecule has 0 saturated carbocycles. The molecule has 0 saturated heterocycles. The van der Waals surface area contributed by atoms with Crippen LogP contribution in [0.25, 0.3) is 10.1 Å². The number of carbonyl (C=O) groups is 1. The molecule has 1 aromatic heterocycles. The second kappa shape index (κ2) is 5.95. The topological polar surface area (TPSA) is 64.3 Å². The van der Waals surface area contributed by atoms with Crippen molar-refractivity contribution in [3.63, 3.8) is 0 Å². The van der Waals surface area contributed by atoms with Crippen molar-refractivity contribution in [3.05, 3.63) is 35.2 Å². The number of nitrogens with one attached hydrogen (secondary N) is 1. The van der Waals surface area contributed by atoms with Crippen molar-refractivity contribution in [3.8, 4) is 0 Å². The summed E-state index contributed by atoms with van der Waals surface area (Å²) in [5, 5.41) is 6.19. The third kappa shape index (κ3) is 2.69. The number of nitrogens with two attached hydrogens (primary N) is 1. The van der Waals surface area contributed by atoms with Crippen LogP contribution < -0.4 is 11.1 Å². The van der Waals surface area contributed by atoms with Gasteiger partial charge in [-0.1, -0.05) is 18.2 Å². The second-order valence-corrected chi connectivity index (χ2v) is 4.88. The van der Waals surface area contributed by atoms with Crippen molar-refractivity contribution >= 4 is 27.3 Å². The van der Waals surface area contributed by atoms with Crippen LogP contribution in [0.15, 0.2) is 29.6 Å². The normalized spacial score (nSPS) is 12.7. The first kappa shape index (κ1) is 13.0. The molecule has 2 rings (SSSR count). The number of methoxy groups -OCH3 is 1. The summed E-state index contributed by atoms with van der Waals surface area (Å²) < 4.78 is 6.12. The summed E-state index contributed by atoms with van der Waals surface area (Å²) in [5.41, 5.74) is 6.41. The number of amides is 1. The van der Waals surface area contributed by atoms with E-state index in [1.807, 2.05) is 29.6 Å². The summed E-state index contributed by atoms with van der Waals surface area (Å²) in [6.45, 7) is 1.14. The maximum absolute atomic E-state index is 11.6. The van der Waals surface area contributed by atoms with Gasteiger partial charge in [-0.3, -0.25) is 10.1 Å². The fourth-order valence-corrected chi connectivity index (χ4v) is 2.88. The number of benzene rings is 1. The average Bonchev–Trinajstić information content (AvgIpc) is 2.78. The highest BCUT2D eigenvalue weighted by Crippen LogP contribution is 2.30. The predicted octanol–water partition coefficient (Wildman–Crippen LogP) is 1.66. The summed E-state index contributed by atoms with van der Waals surface area (Å²) in [4.78, 5) is 11.6. The Morgan fingerprint density at radius 3 is 3.00 bits per heavy atom. The SMILES string of the molecule is COCCNC(C(N)=O)c1csc2ccccc12. The number of thiophene rings is 1. The largest absolute Gasteiger partial charge is 0.383 e. The number of carbonyl (C=O) groups excluding carboxylic acids is 1. The fourth-order valence-electron chi connectivity index (χ4n) is 1.89. The number of ether oxygens (including phenoxy) is 1.